The summed E-state index contributed by atoms with van der Waals surface area (Å²) in [5.74, 6) is 0.888. The first kappa shape index (κ1) is 12.6. The van der Waals surface area contributed by atoms with Crippen LogP contribution in [-0.2, 0) is 6.61 Å². The highest BCUT2D eigenvalue weighted by molar-refractivity contribution is 9.10. The van der Waals surface area contributed by atoms with Gasteiger partial charge in [0.25, 0.3) is 0 Å². The third-order valence-electron chi connectivity index (χ3n) is 2.79. The molecule has 2 aromatic carbocycles. The average molecular weight is 334 g/mol. The van der Waals surface area contributed by atoms with Crippen LogP contribution in [0.5, 0.6) is 5.75 Å². The molecule has 1 aromatic heterocycles. The summed E-state index contributed by atoms with van der Waals surface area (Å²) in [7, 11) is 0. The lowest BCUT2D eigenvalue weighted by molar-refractivity contribution is 0.306. The summed E-state index contributed by atoms with van der Waals surface area (Å²) in [6.45, 7) is 2.60. The molecule has 0 spiro atoms. The average Bonchev–Trinajstić information content (AvgIpc) is 2.77. The molecular formula is C15H12BrNOS. The quantitative estimate of drug-likeness (QED) is 0.676. The van der Waals surface area contributed by atoms with Crippen LogP contribution in [0.3, 0.4) is 0 Å². The molecule has 0 saturated carbocycles. The molecule has 0 fully saturated rings. The Kier molecular flexibility index (Phi) is 3.53. The Hall–Kier alpha value is -1.39. The largest absolute Gasteiger partial charge is 0.489 e. The van der Waals surface area contributed by atoms with Crippen LogP contribution in [0.2, 0.25) is 0 Å². The first-order chi connectivity index (χ1) is 9.20. The lowest BCUT2D eigenvalue weighted by Gasteiger charge is -2.06. The van der Waals surface area contributed by atoms with E-state index in [1.807, 2.05) is 31.2 Å². The number of benzene rings is 2. The number of thiazole rings is 1. The number of aromatic nitrogens is 1. The Balaban J connectivity index is 1.75. The first-order valence-electron chi connectivity index (χ1n) is 5.95. The number of hydrogen-bond donors (Lipinski definition) is 0. The van der Waals surface area contributed by atoms with Crippen LogP contribution in [0, 0.1) is 6.92 Å². The number of hydrogen-bond acceptors (Lipinski definition) is 3. The Morgan fingerprint density at radius 1 is 1.16 bits per heavy atom. The summed E-state index contributed by atoms with van der Waals surface area (Å²) >= 11 is 5.12. The predicted molar refractivity (Wildman–Crippen MR) is 82.8 cm³/mol. The molecule has 2 nitrogen and oxygen atoms in total. The molecule has 3 aromatic rings. The summed E-state index contributed by atoms with van der Waals surface area (Å²) in [5.41, 5.74) is 2.20. The SMILES string of the molecule is Cc1nc2ccc(OCc3ccc(Br)cc3)cc2s1. The van der Waals surface area contributed by atoms with Crippen LogP contribution in [0.4, 0.5) is 0 Å². The number of halogens is 1. The van der Waals surface area contributed by atoms with E-state index in [9.17, 15) is 0 Å². The van der Waals surface area contributed by atoms with Crippen molar-refractivity contribution in [3.63, 3.8) is 0 Å². The van der Waals surface area contributed by atoms with Gasteiger partial charge >= 0.3 is 0 Å². The van der Waals surface area contributed by atoms with E-state index in [4.69, 9.17) is 4.74 Å². The van der Waals surface area contributed by atoms with Crippen molar-refractivity contribution < 1.29 is 4.74 Å². The van der Waals surface area contributed by atoms with Gasteiger partial charge in [-0.3, -0.25) is 0 Å². The highest BCUT2D eigenvalue weighted by Gasteiger charge is 2.02. The molecule has 0 aliphatic carbocycles. The minimum Gasteiger partial charge on any atom is -0.489 e. The summed E-state index contributed by atoms with van der Waals surface area (Å²) in [4.78, 5) is 4.44. The molecule has 4 heteroatoms. The molecule has 3 rings (SSSR count). The summed E-state index contributed by atoms with van der Waals surface area (Å²) in [6, 6.07) is 14.2. The molecule has 0 saturated heterocycles. The van der Waals surface area contributed by atoms with Gasteiger partial charge in [0.1, 0.15) is 12.4 Å². The van der Waals surface area contributed by atoms with Crippen molar-refractivity contribution in [2.24, 2.45) is 0 Å². The van der Waals surface area contributed by atoms with Gasteiger partial charge in [-0.05, 0) is 42.8 Å². The number of rotatable bonds is 3. The topological polar surface area (TPSA) is 22.1 Å². The van der Waals surface area contributed by atoms with Crippen LogP contribution < -0.4 is 4.74 Å². The van der Waals surface area contributed by atoms with Crippen molar-refractivity contribution in [3.8, 4) is 5.75 Å². The van der Waals surface area contributed by atoms with Gasteiger partial charge in [0.05, 0.1) is 15.2 Å². The first-order valence-corrected chi connectivity index (χ1v) is 7.56. The molecule has 0 N–H and O–H groups in total. The number of nitrogens with zero attached hydrogens (tertiary/aromatic N) is 1. The second kappa shape index (κ2) is 5.31. The van der Waals surface area contributed by atoms with Gasteiger partial charge in [0.2, 0.25) is 0 Å². The van der Waals surface area contributed by atoms with Gasteiger partial charge in [-0.1, -0.05) is 28.1 Å². The van der Waals surface area contributed by atoms with E-state index < -0.39 is 0 Å². The van der Waals surface area contributed by atoms with E-state index in [1.165, 1.54) is 4.70 Å². The highest BCUT2D eigenvalue weighted by atomic mass is 79.9. The summed E-state index contributed by atoms with van der Waals surface area (Å²) in [6.07, 6.45) is 0. The van der Waals surface area contributed by atoms with Crippen LogP contribution >= 0.6 is 27.3 Å². The Labute approximate surface area is 124 Å². The Morgan fingerprint density at radius 2 is 1.95 bits per heavy atom. The minimum atomic E-state index is 0.580. The van der Waals surface area contributed by atoms with Gasteiger partial charge < -0.3 is 4.74 Å². The van der Waals surface area contributed by atoms with E-state index >= 15 is 0 Å². The van der Waals surface area contributed by atoms with Crippen molar-refractivity contribution in [2.45, 2.75) is 13.5 Å². The van der Waals surface area contributed by atoms with Crippen LogP contribution in [0.1, 0.15) is 10.6 Å². The lowest BCUT2D eigenvalue weighted by atomic mass is 10.2. The molecule has 96 valence electrons. The highest BCUT2D eigenvalue weighted by Crippen LogP contribution is 2.26. The predicted octanol–water partition coefficient (Wildman–Crippen LogP) is 4.95. The van der Waals surface area contributed by atoms with Gasteiger partial charge in [-0.25, -0.2) is 4.98 Å². The van der Waals surface area contributed by atoms with E-state index in [-0.39, 0.29) is 0 Å². The number of fused-ring (bicyclic) bond motifs is 1. The second-order valence-corrected chi connectivity index (χ2v) is 6.43. The third-order valence-corrected chi connectivity index (χ3v) is 4.25. The van der Waals surface area contributed by atoms with Crippen LogP contribution in [0.15, 0.2) is 46.9 Å². The molecule has 0 radical (unpaired) electrons. The second-order valence-electron chi connectivity index (χ2n) is 4.28. The summed E-state index contributed by atoms with van der Waals surface area (Å²) in [5, 5.41) is 1.08. The van der Waals surface area contributed by atoms with Crippen molar-refractivity contribution in [1.82, 2.24) is 4.98 Å². The third kappa shape index (κ3) is 2.96. The van der Waals surface area contributed by atoms with Crippen molar-refractivity contribution in [1.29, 1.82) is 0 Å². The molecule has 0 amide bonds. The fraction of sp³-hybridized carbons (Fsp3) is 0.133. The molecule has 0 aliphatic heterocycles. The molecule has 0 aliphatic rings. The van der Waals surface area contributed by atoms with E-state index in [1.54, 1.807) is 11.3 Å². The van der Waals surface area contributed by atoms with Gasteiger partial charge in [-0.15, -0.1) is 11.3 Å². The molecule has 0 bridgehead atoms. The summed E-state index contributed by atoms with van der Waals surface area (Å²) < 4.78 is 8.07. The molecule has 1 heterocycles. The Bertz CT molecular complexity index is 706. The number of ether oxygens (including phenoxy) is 1. The normalized spacial score (nSPS) is 10.8. The van der Waals surface area contributed by atoms with E-state index in [2.05, 4.69) is 39.1 Å². The fourth-order valence-corrected chi connectivity index (χ4v) is 2.98. The molecule has 0 unspecified atom stereocenters. The zero-order valence-electron chi connectivity index (χ0n) is 10.4. The van der Waals surface area contributed by atoms with Crippen molar-refractivity contribution in [3.05, 3.63) is 57.5 Å². The van der Waals surface area contributed by atoms with Gasteiger partial charge in [0.15, 0.2) is 0 Å². The zero-order valence-corrected chi connectivity index (χ0v) is 12.8. The van der Waals surface area contributed by atoms with Crippen LogP contribution in [-0.4, -0.2) is 4.98 Å². The maximum atomic E-state index is 5.81. The van der Waals surface area contributed by atoms with Gasteiger partial charge in [0, 0.05) is 4.47 Å². The number of aryl methyl sites for hydroxylation is 1. The van der Waals surface area contributed by atoms with E-state index in [0.717, 1.165) is 26.3 Å². The van der Waals surface area contributed by atoms with Crippen LogP contribution in [0.25, 0.3) is 10.2 Å². The molecule has 0 atom stereocenters. The fourth-order valence-electron chi connectivity index (χ4n) is 1.86. The monoisotopic (exact) mass is 333 g/mol. The smallest absolute Gasteiger partial charge is 0.121 e. The minimum absolute atomic E-state index is 0.580. The molecular weight excluding hydrogens is 322 g/mol. The van der Waals surface area contributed by atoms with Crippen molar-refractivity contribution in [2.75, 3.05) is 0 Å². The van der Waals surface area contributed by atoms with Crippen molar-refractivity contribution >= 4 is 37.5 Å². The molecule has 19 heavy (non-hydrogen) atoms. The zero-order chi connectivity index (χ0) is 13.2. The maximum absolute atomic E-state index is 5.81. The van der Waals surface area contributed by atoms with Gasteiger partial charge in [-0.2, -0.15) is 0 Å². The van der Waals surface area contributed by atoms with E-state index in [0.29, 0.717) is 6.61 Å². The maximum Gasteiger partial charge on any atom is 0.121 e. The standard InChI is InChI=1S/C15H12BrNOS/c1-10-17-14-7-6-13(8-15(14)19-10)18-9-11-2-4-12(16)5-3-11/h2-8H,9H2,1H3. The Morgan fingerprint density at radius 3 is 2.74 bits per heavy atom. The lowest BCUT2D eigenvalue weighted by Crippen LogP contribution is -1.94.